The summed E-state index contributed by atoms with van der Waals surface area (Å²) in [6, 6.07) is 7.79. The summed E-state index contributed by atoms with van der Waals surface area (Å²) in [6.45, 7) is 0. The van der Waals surface area contributed by atoms with Gasteiger partial charge in [-0.2, -0.15) is 0 Å². The first-order valence-corrected chi connectivity index (χ1v) is 6.89. The van der Waals surface area contributed by atoms with E-state index in [2.05, 4.69) is 21.2 Å². The van der Waals surface area contributed by atoms with Gasteiger partial charge in [-0.15, -0.1) is 0 Å². The predicted molar refractivity (Wildman–Crippen MR) is 60.2 cm³/mol. The Balaban J connectivity index is 1.97. The van der Waals surface area contributed by atoms with Crippen molar-refractivity contribution in [1.29, 1.82) is 0 Å². The minimum absolute atomic E-state index is 0.0844. The Hall–Kier alpha value is -0.550. The Labute approximate surface area is 91.6 Å². The van der Waals surface area contributed by atoms with E-state index < -0.39 is 9.84 Å². The topological polar surface area (TPSA) is 46.2 Å². The molecule has 1 aromatic rings. The largest absolute Gasteiger partial charge is 0.380 e. The van der Waals surface area contributed by atoms with Gasteiger partial charge in [0.1, 0.15) is 0 Å². The fraction of sp³-hybridized carbons (Fsp3) is 0.333. The van der Waals surface area contributed by atoms with Gasteiger partial charge in [0.15, 0.2) is 9.84 Å². The van der Waals surface area contributed by atoms with Crippen molar-refractivity contribution in [3.8, 4) is 0 Å². The molecule has 5 heteroatoms. The summed E-state index contributed by atoms with van der Waals surface area (Å²) >= 11 is 3.34. The molecule has 0 bridgehead atoms. The van der Waals surface area contributed by atoms with Crippen LogP contribution in [0.2, 0.25) is 0 Å². The number of halogens is 1. The van der Waals surface area contributed by atoms with Crippen molar-refractivity contribution < 1.29 is 8.42 Å². The van der Waals surface area contributed by atoms with Gasteiger partial charge in [-0.05, 0) is 24.3 Å². The lowest BCUT2D eigenvalue weighted by Crippen LogP contribution is -2.46. The smallest absolute Gasteiger partial charge is 0.154 e. The van der Waals surface area contributed by atoms with Crippen LogP contribution in [-0.2, 0) is 9.84 Å². The molecule has 0 atom stereocenters. The standard InChI is InChI=1S/C9H10BrNO2S/c10-7-1-3-8(4-2-7)11-9-5-14(12,13)6-9/h1-4,9,11H,5-6H2. The van der Waals surface area contributed by atoms with E-state index in [1.54, 1.807) is 0 Å². The van der Waals surface area contributed by atoms with E-state index in [0.717, 1.165) is 10.2 Å². The molecule has 14 heavy (non-hydrogen) atoms. The predicted octanol–water partition coefficient (Wildman–Crippen LogP) is 1.66. The Kier molecular flexibility index (Phi) is 2.53. The molecular formula is C9H10BrNO2S. The molecule has 1 fully saturated rings. The number of nitrogens with one attached hydrogen (secondary N) is 1. The Morgan fingerprint density at radius 1 is 1.21 bits per heavy atom. The molecule has 3 nitrogen and oxygen atoms in total. The van der Waals surface area contributed by atoms with E-state index in [1.807, 2.05) is 24.3 Å². The lowest BCUT2D eigenvalue weighted by atomic mass is 10.3. The van der Waals surface area contributed by atoms with E-state index in [-0.39, 0.29) is 17.5 Å². The zero-order valence-electron chi connectivity index (χ0n) is 7.40. The van der Waals surface area contributed by atoms with Crippen molar-refractivity contribution in [1.82, 2.24) is 0 Å². The Bertz CT molecular complexity index is 415. The minimum atomic E-state index is -2.73. The van der Waals surface area contributed by atoms with E-state index in [0.29, 0.717) is 0 Å². The van der Waals surface area contributed by atoms with Crippen LogP contribution < -0.4 is 5.32 Å². The van der Waals surface area contributed by atoms with Crippen LogP contribution in [0.25, 0.3) is 0 Å². The van der Waals surface area contributed by atoms with Gasteiger partial charge in [-0.1, -0.05) is 15.9 Å². The average molecular weight is 276 g/mol. The van der Waals surface area contributed by atoms with Gasteiger partial charge >= 0.3 is 0 Å². The molecule has 1 aromatic carbocycles. The van der Waals surface area contributed by atoms with Gasteiger partial charge in [-0.3, -0.25) is 0 Å². The van der Waals surface area contributed by atoms with Crippen molar-refractivity contribution in [2.75, 3.05) is 16.8 Å². The lowest BCUT2D eigenvalue weighted by molar-refractivity contribution is 0.570. The zero-order chi connectivity index (χ0) is 10.2. The van der Waals surface area contributed by atoms with Crippen LogP contribution in [0.4, 0.5) is 5.69 Å². The first kappa shape index (κ1) is 9.98. The highest BCUT2D eigenvalue weighted by Crippen LogP contribution is 2.19. The first-order chi connectivity index (χ1) is 6.55. The van der Waals surface area contributed by atoms with Crippen LogP contribution in [0.5, 0.6) is 0 Å². The highest BCUT2D eigenvalue weighted by Gasteiger charge is 2.32. The van der Waals surface area contributed by atoms with Crippen LogP contribution >= 0.6 is 15.9 Å². The maximum absolute atomic E-state index is 10.9. The Morgan fingerprint density at radius 2 is 1.79 bits per heavy atom. The second kappa shape index (κ2) is 3.55. The number of benzene rings is 1. The third-order valence-corrected chi connectivity index (χ3v) is 4.47. The molecule has 1 N–H and O–H groups in total. The van der Waals surface area contributed by atoms with Crippen LogP contribution in [0.15, 0.2) is 28.7 Å². The van der Waals surface area contributed by atoms with Crippen molar-refractivity contribution in [2.24, 2.45) is 0 Å². The van der Waals surface area contributed by atoms with Crippen LogP contribution in [0.1, 0.15) is 0 Å². The molecule has 0 aliphatic carbocycles. The fourth-order valence-electron chi connectivity index (χ4n) is 1.43. The quantitative estimate of drug-likeness (QED) is 0.893. The highest BCUT2D eigenvalue weighted by molar-refractivity contribution is 9.10. The van der Waals surface area contributed by atoms with Crippen LogP contribution in [-0.4, -0.2) is 26.0 Å². The normalized spacial score (nSPS) is 20.1. The van der Waals surface area contributed by atoms with E-state index >= 15 is 0 Å². The molecule has 0 unspecified atom stereocenters. The highest BCUT2D eigenvalue weighted by atomic mass is 79.9. The second-order valence-corrected chi connectivity index (χ2v) is 6.49. The molecule has 76 valence electrons. The number of anilines is 1. The second-order valence-electron chi connectivity index (χ2n) is 3.43. The lowest BCUT2D eigenvalue weighted by Gasteiger charge is -2.27. The van der Waals surface area contributed by atoms with E-state index in [9.17, 15) is 8.42 Å². The van der Waals surface area contributed by atoms with Crippen molar-refractivity contribution in [3.05, 3.63) is 28.7 Å². The maximum Gasteiger partial charge on any atom is 0.154 e. The molecular weight excluding hydrogens is 266 g/mol. The monoisotopic (exact) mass is 275 g/mol. The van der Waals surface area contributed by atoms with Crippen LogP contribution in [0, 0.1) is 0 Å². The summed E-state index contributed by atoms with van der Waals surface area (Å²) in [6.07, 6.45) is 0. The minimum Gasteiger partial charge on any atom is -0.380 e. The van der Waals surface area contributed by atoms with Crippen molar-refractivity contribution in [3.63, 3.8) is 0 Å². The summed E-state index contributed by atoms with van der Waals surface area (Å²) in [7, 11) is -2.73. The number of sulfone groups is 1. The molecule has 2 rings (SSSR count). The molecule has 1 aliphatic heterocycles. The third-order valence-electron chi connectivity index (χ3n) is 2.13. The van der Waals surface area contributed by atoms with Crippen molar-refractivity contribution in [2.45, 2.75) is 6.04 Å². The SMILES string of the molecule is O=S1(=O)CC(Nc2ccc(Br)cc2)C1. The number of hydrogen-bond acceptors (Lipinski definition) is 3. The summed E-state index contributed by atoms with van der Waals surface area (Å²) in [5.74, 6) is 0.506. The first-order valence-electron chi connectivity index (χ1n) is 4.28. The van der Waals surface area contributed by atoms with Gasteiger partial charge in [0.2, 0.25) is 0 Å². The molecule has 1 aliphatic rings. The molecule has 0 radical (unpaired) electrons. The molecule has 0 saturated carbocycles. The summed E-state index contributed by atoms with van der Waals surface area (Å²) in [5.41, 5.74) is 0.966. The van der Waals surface area contributed by atoms with Gasteiger partial charge in [0, 0.05) is 10.2 Å². The Morgan fingerprint density at radius 3 is 2.29 bits per heavy atom. The number of hydrogen-bond donors (Lipinski definition) is 1. The summed E-state index contributed by atoms with van der Waals surface area (Å²) in [4.78, 5) is 0. The van der Waals surface area contributed by atoms with Gasteiger partial charge < -0.3 is 5.32 Å². The van der Waals surface area contributed by atoms with Gasteiger partial charge in [-0.25, -0.2) is 8.42 Å². The van der Waals surface area contributed by atoms with Crippen LogP contribution in [0.3, 0.4) is 0 Å². The van der Waals surface area contributed by atoms with Gasteiger partial charge in [0.05, 0.1) is 17.5 Å². The molecule has 1 saturated heterocycles. The maximum atomic E-state index is 10.9. The van der Waals surface area contributed by atoms with Crippen molar-refractivity contribution >= 4 is 31.5 Å². The van der Waals surface area contributed by atoms with E-state index in [4.69, 9.17) is 0 Å². The molecule has 0 spiro atoms. The average Bonchev–Trinajstić information content (AvgIpc) is 2.06. The molecule has 1 heterocycles. The zero-order valence-corrected chi connectivity index (χ0v) is 9.81. The molecule has 0 aromatic heterocycles. The summed E-state index contributed by atoms with van der Waals surface area (Å²) < 4.78 is 22.8. The van der Waals surface area contributed by atoms with Gasteiger partial charge in [0.25, 0.3) is 0 Å². The third kappa shape index (κ3) is 2.27. The van der Waals surface area contributed by atoms with E-state index in [1.165, 1.54) is 0 Å². The summed E-state index contributed by atoms with van der Waals surface area (Å²) in [5, 5.41) is 3.16. The number of rotatable bonds is 2. The molecule has 0 amide bonds. The fourth-order valence-corrected chi connectivity index (χ4v) is 2.99.